The maximum absolute atomic E-state index is 3.58. The maximum Gasteiger partial charge on any atom is 0.00966 e. The van der Waals surface area contributed by atoms with E-state index >= 15 is 0 Å². The third-order valence-electron chi connectivity index (χ3n) is 2.77. The normalized spacial score (nSPS) is 14.8. The minimum atomic E-state index is 0.238. The van der Waals surface area contributed by atoms with Gasteiger partial charge in [-0.2, -0.15) is 0 Å². The Morgan fingerprint density at radius 1 is 1.12 bits per heavy atom. The van der Waals surface area contributed by atoms with Crippen LogP contribution in [0.25, 0.3) is 0 Å². The summed E-state index contributed by atoms with van der Waals surface area (Å²) in [7, 11) is 0. The van der Waals surface area contributed by atoms with E-state index in [1.54, 1.807) is 0 Å². The lowest BCUT2D eigenvalue weighted by molar-refractivity contribution is 0.187. The molecule has 2 nitrogen and oxygen atoms in total. The van der Waals surface area contributed by atoms with E-state index in [1.807, 2.05) is 0 Å². The highest BCUT2D eigenvalue weighted by molar-refractivity contribution is 4.74. The summed E-state index contributed by atoms with van der Waals surface area (Å²) in [6, 6.07) is 0.664. The molecule has 2 heteroatoms. The second-order valence-electron chi connectivity index (χ2n) is 6.32. The molecule has 0 bridgehead atoms. The molecule has 0 heterocycles. The summed E-state index contributed by atoms with van der Waals surface area (Å²) in [6.45, 7) is 19.4. The highest BCUT2D eigenvalue weighted by Gasteiger charge is 2.15. The molecule has 0 saturated heterocycles. The third-order valence-corrected chi connectivity index (χ3v) is 2.77. The first-order valence-electron chi connectivity index (χ1n) is 6.75. The summed E-state index contributed by atoms with van der Waals surface area (Å²) in [6.07, 6.45) is 1.25. The van der Waals surface area contributed by atoms with Crippen molar-refractivity contribution in [2.75, 3.05) is 19.6 Å². The fraction of sp³-hybridized carbons (Fsp3) is 1.00. The number of rotatable bonds is 7. The van der Waals surface area contributed by atoms with Gasteiger partial charge < -0.3 is 10.2 Å². The second-order valence-corrected chi connectivity index (χ2v) is 6.32. The van der Waals surface area contributed by atoms with Gasteiger partial charge in [-0.1, -0.05) is 13.8 Å². The topological polar surface area (TPSA) is 15.3 Å². The van der Waals surface area contributed by atoms with Gasteiger partial charge in [-0.15, -0.1) is 0 Å². The third kappa shape index (κ3) is 8.12. The zero-order valence-electron chi connectivity index (χ0n) is 12.4. The van der Waals surface area contributed by atoms with Crippen molar-refractivity contribution in [3.8, 4) is 0 Å². The van der Waals surface area contributed by atoms with E-state index in [-0.39, 0.29) is 5.54 Å². The van der Waals surface area contributed by atoms with Crippen LogP contribution < -0.4 is 5.32 Å². The zero-order chi connectivity index (χ0) is 12.8. The van der Waals surface area contributed by atoms with Gasteiger partial charge in [-0.3, -0.25) is 0 Å². The minimum Gasteiger partial charge on any atom is -0.312 e. The van der Waals surface area contributed by atoms with Crippen LogP contribution in [0, 0.1) is 5.92 Å². The van der Waals surface area contributed by atoms with Crippen molar-refractivity contribution in [1.82, 2.24) is 10.2 Å². The van der Waals surface area contributed by atoms with Gasteiger partial charge in [0.15, 0.2) is 0 Å². The summed E-state index contributed by atoms with van der Waals surface area (Å²) >= 11 is 0. The van der Waals surface area contributed by atoms with Gasteiger partial charge >= 0.3 is 0 Å². The van der Waals surface area contributed by atoms with E-state index < -0.39 is 0 Å². The van der Waals surface area contributed by atoms with Crippen LogP contribution >= 0.6 is 0 Å². The van der Waals surface area contributed by atoms with Gasteiger partial charge in [0.25, 0.3) is 0 Å². The van der Waals surface area contributed by atoms with E-state index in [1.165, 1.54) is 19.5 Å². The average Bonchev–Trinajstić information content (AvgIpc) is 2.13. The zero-order valence-corrected chi connectivity index (χ0v) is 12.4. The Bertz CT molecular complexity index is 170. The Kier molecular flexibility index (Phi) is 7.25. The summed E-state index contributed by atoms with van der Waals surface area (Å²) < 4.78 is 0. The number of hydrogen-bond donors (Lipinski definition) is 1. The van der Waals surface area contributed by atoms with Crippen molar-refractivity contribution in [1.29, 1.82) is 0 Å². The molecule has 16 heavy (non-hydrogen) atoms. The van der Waals surface area contributed by atoms with Crippen molar-refractivity contribution in [3.63, 3.8) is 0 Å². The molecule has 0 fully saturated rings. The highest BCUT2D eigenvalue weighted by Crippen LogP contribution is 2.07. The Morgan fingerprint density at radius 3 is 2.06 bits per heavy atom. The molecule has 0 saturated carbocycles. The molecule has 0 aliphatic carbocycles. The molecule has 0 amide bonds. The fourth-order valence-corrected chi connectivity index (χ4v) is 1.79. The van der Waals surface area contributed by atoms with Crippen molar-refractivity contribution >= 4 is 0 Å². The Balaban J connectivity index is 3.95. The molecule has 0 aliphatic rings. The van der Waals surface area contributed by atoms with E-state index in [4.69, 9.17) is 0 Å². The second kappa shape index (κ2) is 7.29. The van der Waals surface area contributed by atoms with Gasteiger partial charge in [0.2, 0.25) is 0 Å². The van der Waals surface area contributed by atoms with Crippen LogP contribution in [0.5, 0.6) is 0 Å². The molecule has 0 rings (SSSR count). The number of nitrogens with one attached hydrogen (secondary N) is 1. The van der Waals surface area contributed by atoms with Crippen LogP contribution in [0.3, 0.4) is 0 Å². The van der Waals surface area contributed by atoms with Crippen molar-refractivity contribution in [2.45, 2.75) is 66.5 Å². The molecule has 1 N–H and O–H groups in total. The summed E-state index contributed by atoms with van der Waals surface area (Å²) in [5, 5.41) is 3.58. The summed E-state index contributed by atoms with van der Waals surface area (Å²) in [5.74, 6) is 0.716. The SMILES string of the molecule is CCCN(CC(C)CNC(C)(C)C)C(C)C. The molecule has 0 aromatic rings. The molecule has 1 atom stereocenters. The molecular formula is C14H32N2. The van der Waals surface area contributed by atoms with E-state index in [2.05, 4.69) is 58.7 Å². The van der Waals surface area contributed by atoms with Crippen LogP contribution in [0.2, 0.25) is 0 Å². The lowest BCUT2D eigenvalue weighted by atomic mass is 10.1. The molecule has 0 aromatic heterocycles. The number of nitrogens with zero attached hydrogens (tertiary/aromatic N) is 1. The first-order chi connectivity index (χ1) is 7.26. The van der Waals surface area contributed by atoms with Gasteiger partial charge in [0, 0.05) is 18.1 Å². The quantitative estimate of drug-likeness (QED) is 0.720. The number of hydrogen-bond acceptors (Lipinski definition) is 2. The lowest BCUT2D eigenvalue weighted by Crippen LogP contribution is -2.43. The first-order valence-corrected chi connectivity index (χ1v) is 6.75. The standard InChI is InChI=1S/C14H32N2/c1-8-9-16(12(2)3)11-13(4)10-15-14(5,6)7/h12-13,15H,8-11H2,1-7H3. The van der Waals surface area contributed by atoms with Crippen LogP contribution in [-0.4, -0.2) is 36.1 Å². The van der Waals surface area contributed by atoms with E-state index in [0.717, 1.165) is 6.54 Å². The molecule has 0 radical (unpaired) electrons. The average molecular weight is 228 g/mol. The summed E-state index contributed by atoms with van der Waals surface area (Å²) in [4.78, 5) is 2.58. The van der Waals surface area contributed by atoms with Gasteiger partial charge in [0.1, 0.15) is 0 Å². The van der Waals surface area contributed by atoms with Crippen LogP contribution in [0.4, 0.5) is 0 Å². The summed E-state index contributed by atoms with van der Waals surface area (Å²) in [5.41, 5.74) is 0.238. The first kappa shape index (κ1) is 15.9. The predicted molar refractivity (Wildman–Crippen MR) is 73.9 cm³/mol. The lowest BCUT2D eigenvalue weighted by Gasteiger charge is -2.30. The van der Waals surface area contributed by atoms with Crippen LogP contribution in [0.1, 0.15) is 54.9 Å². The minimum absolute atomic E-state index is 0.238. The molecular weight excluding hydrogens is 196 g/mol. The van der Waals surface area contributed by atoms with E-state index in [9.17, 15) is 0 Å². The Labute approximate surface area is 103 Å². The molecule has 0 aliphatic heterocycles. The molecule has 1 unspecified atom stereocenters. The van der Waals surface area contributed by atoms with E-state index in [0.29, 0.717) is 12.0 Å². The Morgan fingerprint density at radius 2 is 1.69 bits per heavy atom. The van der Waals surface area contributed by atoms with Crippen molar-refractivity contribution in [3.05, 3.63) is 0 Å². The predicted octanol–water partition coefficient (Wildman–Crippen LogP) is 3.13. The smallest absolute Gasteiger partial charge is 0.00966 e. The highest BCUT2D eigenvalue weighted by atomic mass is 15.1. The largest absolute Gasteiger partial charge is 0.312 e. The monoisotopic (exact) mass is 228 g/mol. The van der Waals surface area contributed by atoms with Crippen molar-refractivity contribution < 1.29 is 0 Å². The van der Waals surface area contributed by atoms with Gasteiger partial charge in [0.05, 0.1) is 0 Å². The van der Waals surface area contributed by atoms with Gasteiger partial charge in [-0.25, -0.2) is 0 Å². The van der Waals surface area contributed by atoms with Crippen LogP contribution in [-0.2, 0) is 0 Å². The maximum atomic E-state index is 3.58. The Hall–Kier alpha value is -0.0800. The molecule has 0 aromatic carbocycles. The van der Waals surface area contributed by atoms with Crippen molar-refractivity contribution in [2.24, 2.45) is 5.92 Å². The molecule has 0 spiro atoms. The molecule has 98 valence electrons. The fourth-order valence-electron chi connectivity index (χ4n) is 1.79. The van der Waals surface area contributed by atoms with Gasteiger partial charge in [-0.05, 0) is 60.0 Å². The van der Waals surface area contributed by atoms with Crippen LogP contribution in [0.15, 0.2) is 0 Å².